The Morgan fingerprint density at radius 3 is 2.75 bits per heavy atom. The van der Waals surface area contributed by atoms with Crippen molar-refractivity contribution in [3.8, 4) is 0 Å². The van der Waals surface area contributed by atoms with Crippen LogP contribution in [0.1, 0.15) is 18.1 Å². The highest BCUT2D eigenvalue weighted by Gasteiger charge is 2.11. The molecule has 1 aromatic rings. The van der Waals surface area contributed by atoms with Gasteiger partial charge in [-0.1, -0.05) is 28.1 Å². The summed E-state index contributed by atoms with van der Waals surface area (Å²) in [4.78, 5) is 0. The van der Waals surface area contributed by atoms with E-state index >= 15 is 0 Å². The van der Waals surface area contributed by atoms with Crippen LogP contribution >= 0.6 is 15.9 Å². The Bertz CT molecular complexity index is 363. The molecule has 0 saturated carbocycles. The molecule has 4 nitrogen and oxygen atoms in total. The third-order valence-electron chi connectivity index (χ3n) is 2.79. The predicted octanol–water partition coefficient (Wildman–Crippen LogP) is 2.78. The Balaban J connectivity index is 2.29. The van der Waals surface area contributed by atoms with E-state index in [0.717, 1.165) is 17.4 Å². The zero-order valence-corrected chi connectivity index (χ0v) is 13.8. The molecule has 1 rings (SSSR count). The van der Waals surface area contributed by atoms with E-state index in [-0.39, 0.29) is 6.10 Å². The van der Waals surface area contributed by atoms with Gasteiger partial charge in [-0.05, 0) is 31.2 Å². The minimum absolute atomic E-state index is 0.0662. The molecular formula is C15H24BrNO3. The van der Waals surface area contributed by atoms with Gasteiger partial charge in [-0.2, -0.15) is 0 Å². The number of rotatable bonds is 11. The van der Waals surface area contributed by atoms with Crippen LogP contribution in [0.4, 0.5) is 0 Å². The average molecular weight is 346 g/mol. The van der Waals surface area contributed by atoms with Crippen molar-refractivity contribution in [3.05, 3.63) is 34.3 Å². The summed E-state index contributed by atoms with van der Waals surface area (Å²) in [5.41, 5.74) is 1.18. The lowest BCUT2D eigenvalue weighted by molar-refractivity contribution is 0.0236. The van der Waals surface area contributed by atoms with E-state index in [1.165, 1.54) is 5.56 Å². The third-order valence-corrected chi connectivity index (χ3v) is 3.29. The smallest absolute Gasteiger partial charge is 0.0949 e. The minimum atomic E-state index is 0.0662. The van der Waals surface area contributed by atoms with Crippen molar-refractivity contribution in [1.82, 2.24) is 5.32 Å². The first-order valence-electron chi connectivity index (χ1n) is 6.86. The summed E-state index contributed by atoms with van der Waals surface area (Å²) in [6, 6.07) is 8.22. The monoisotopic (exact) mass is 345 g/mol. The number of hydrogen-bond acceptors (Lipinski definition) is 4. The summed E-state index contributed by atoms with van der Waals surface area (Å²) in [7, 11) is 3.61. The largest absolute Gasteiger partial charge is 0.382 e. The molecule has 0 fully saturated rings. The van der Waals surface area contributed by atoms with Crippen LogP contribution < -0.4 is 5.32 Å². The Morgan fingerprint density at radius 2 is 2.05 bits per heavy atom. The molecule has 0 saturated heterocycles. The van der Waals surface area contributed by atoms with E-state index < -0.39 is 0 Å². The number of halogens is 1. The van der Waals surface area contributed by atoms with E-state index in [9.17, 15) is 0 Å². The summed E-state index contributed by atoms with van der Waals surface area (Å²) in [6.07, 6.45) is 0.953. The van der Waals surface area contributed by atoms with Gasteiger partial charge in [-0.25, -0.2) is 0 Å². The molecular weight excluding hydrogens is 322 g/mol. The van der Waals surface area contributed by atoms with Gasteiger partial charge in [0, 0.05) is 31.3 Å². The van der Waals surface area contributed by atoms with Crippen molar-refractivity contribution in [1.29, 1.82) is 0 Å². The van der Waals surface area contributed by atoms with E-state index in [1.807, 2.05) is 19.2 Å². The number of benzene rings is 1. The molecule has 0 heterocycles. The predicted molar refractivity (Wildman–Crippen MR) is 84.1 cm³/mol. The Morgan fingerprint density at radius 1 is 1.20 bits per heavy atom. The van der Waals surface area contributed by atoms with E-state index in [1.54, 1.807) is 7.11 Å². The fourth-order valence-electron chi connectivity index (χ4n) is 1.80. The lowest BCUT2D eigenvalue weighted by Crippen LogP contribution is -2.20. The van der Waals surface area contributed by atoms with Crippen molar-refractivity contribution in [3.63, 3.8) is 0 Å². The first-order valence-corrected chi connectivity index (χ1v) is 7.65. The SMILES string of the molecule is CNCC(OCCCOCCOC)c1cccc(Br)c1. The summed E-state index contributed by atoms with van der Waals surface area (Å²) < 4.78 is 17.3. The minimum Gasteiger partial charge on any atom is -0.382 e. The molecule has 0 bridgehead atoms. The second-order valence-corrected chi connectivity index (χ2v) is 5.35. The van der Waals surface area contributed by atoms with Crippen molar-refractivity contribution >= 4 is 15.9 Å². The Hall–Kier alpha value is -0.460. The van der Waals surface area contributed by atoms with Crippen LogP contribution in [0.15, 0.2) is 28.7 Å². The molecule has 1 atom stereocenters. The standard InChI is InChI=1S/C15H24BrNO3/c1-17-12-15(13-5-3-6-14(16)11-13)20-8-4-7-19-10-9-18-2/h3,5-6,11,15,17H,4,7-10,12H2,1-2H3. The number of nitrogens with one attached hydrogen (secondary N) is 1. The maximum atomic E-state index is 5.94. The van der Waals surface area contributed by atoms with Crippen LogP contribution in [-0.2, 0) is 14.2 Å². The van der Waals surface area contributed by atoms with Gasteiger partial charge in [0.2, 0.25) is 0 Å². The fraction of sp³-hybridized carbons (Fsp3) is 0.600. The summed E-state index contributed by atoms with van der Waals surface area (Å²) in [6.45, 7) is 3.46. The third kappa shape index (κ3) is 7.36. The zero-order valence-electron chi connectivity index (χ0n) is 12.2. The van der Waals surface area contributed by atoms with Crippen LogP contribution in [0.3, 0.4) is 0 Å². The van der Waals surface area contributed by atoms with Crippen LogP contribution in [-0.4, -0.2) is 47.1 Å². The zero-order chi connectivity index (χ0) is 14.6. The molecule has 1 N–H and O–H groups in total. The molecule has 0 aliphatic carbocycles. The topological polar surface area (TPSA) is 39.7 Å². The van der Waals surface area contributed by atoms with Crippen LogP contribution in [0, 0.1) is 0 Å². The van der Waals surface area contributed by atoms with Gasteiger partial charge < -0.3 is 19.5 Å². The molecule has 1 unspecified atom stereocenters. The lowest BCUT2D eigenvalue weighted by Gasteiger charge is -2.18. The molecule has 0 radical (unpaired) electrons. The summed E-state index contributed by atoms with van der Waals surface area (Å²) >= 11 is 3.49. The Kier molecular flexibility index (Phi) is 9.87. The van der Waals surface area contributed by atoms with Crippen molar-refractivity contribution in [2.75, 3.05) is 47.1 Å². The Labute approximate surface area is 129 Å². The number of hydrogen-bond donors (Lipinski definition) is 1. The normalized spacial score (nSPS) is 12.6. The highest BCUT2D eigenvalue weighted by molar-refractivity contribution is 9.10. The first kappa shape index (κ1) is 17.6. The molecule has 0 aliphatic heterocycles. The molecule has 5 heteroatoms. The maximum absolute atomic E-state index is 5.94. The average Bonchev–Trinajstić information content (AvgIpc) is 2.45. The fourth-order valence-corrected chi connectivity index (χ4v) is 2.21. The van der Waals surface area contributed by atoms with E-state index in [2.05, 4.69) is 33.4 Å². The van der Waals surface area contributed by atoms with Gasteiger partial charge in [0.1, 0.15) is 0 Å². The van der Waals surface area contributed by atoms with Gasteiger partial charge in [-0.3, -0.25) is 0 Å². The molecule has 0 aliphatic rings. The lowest BCUT2D eigenvalue weighted by atomic mass is 10.1. The molecule has 114 valence electrons. The quantitative estimate of drug-likeness (QED) is 0.626. The maximum Gasteiger partial charge on any atom is 0.0949 e. The van der Waals surface area contributed by atoms with Gasteiger partial charge in [-0.15, -0.1) is 0 Å². The molecule has 1 aromatic carbocycles. The van der Waals surface area contributed by atoms with Crippen molar-refractivity contribution < 1.29 is 14.2 Å². The summed E-state index contributed by atoms with van der Waals surface area (Å²) in [5.74, 6) is 0. The highest BCUT2D eigenvalue weighted by atomic mass is 79.9. The van der Waals surface area contributed by atoms with Gasteiger partial charge in [0.05, 0.1) is 19.3 Å². The summed E-state index contributed by atoms with van der Waals surface area (Å²) in [5, 5.41) is 3.17. The second-order valence-electron chi connectivity index (χ2n) is 4.43. The van der Waals surface area contributed by atoms with E-state index in [0.29, 0.717) is 26.4 Å². The van der Waals surface area contributed by atoms with Crippen molar-refractivity contribution in [2.24, 2.45) is 0 Å². The number of ether oxygens (including phenoxy) is 3. The van der Waals surface area contributed by atoms with Crippen LogP contribution in [0.25, 0.3) is 0 Å². The first-order chi connectivity index (χ1) is 9.77. The number of methoxy groups -OCH3 is 1. The molecule has 0 amide bonds. The highest BCUT2D eigenvalue weighted by Crippen LogP contribution is 2.20. The van der Waals surface area contributed by atoms with E-state index in [4.69, 9.17) is 14.2 Å². The van der Waals surface area contributed by atoms with Gasteiger partial charge in [0.25, 0.3) is 0 Å². The van der Waals surface area contributed by atoms with Gasteiger partial charge >= 0.3 is 0 Å². The molecule has 0 aromatic heterocycles. The van der Waals surface area contributed by atoms with Crippen LogP contribution in [0.2, 0.25) is 0 Å². The molecule has 0 spiro atoms. The second kappa shape index (κ2) is 11.2. The van der Waals surface area contributed by atoms with Gasteiger partial charge in [0.15, 0.2) is 0 Å². The van der Waals surface area contributed by atoms with Crippen LogP contribution in [0.5, 0.6) is 0 Å². The van der Waals surface area contributed by atoms with Crippen molar-refractivity contribution in [2.45, 2.75) is 12.5 Å². The number of likely N-dealkylation sites (N-methyl/N-ethyl adjacent to an activating group) is 1. The molecule has 20 heavy (non-hydrogen) atoms.